The smallest absolute Gasteiger partial charge is 0.258 e. The molecule has 4 atom stereocenters. The van der Waals surface area contributed by atoms with E-state index in [1.165, 1.54) is 25.7 Å². The van der Waals surface area contributed by atoms with Crippen LogP contribution in [0.1, 0.15) is 63.5 Å². The van der Waals surface area contributed by atoms with Gasteiger partial charge >= 0.3 is 0 Å². The summed E-state index contributed by atoms with van der Waals surface area (Å²) in [5.74, 6) is 3.39. The Hall–Kier alpha value is -1.22. The molecular formula is C21H30ClNO2. The van der Waals surface area contributed by atoms with Crippen LogP contribution in [-0.4, -0.2) is 18.6 Å². The summed E-state index contributed by atoms with van der Waals surface area (Å²) in [6, 6.07) is 4.12. The van der Waals surface area contributed by atoms with Crippen LogP contribution in [0, 0.1) is 24.7 Å². The summed E-state index contributed by atoms with van der Waals surface area (Å²) >= 11 is 6.23. The molecule has 138 valence electrons. The van der Waals surface area contributed by atoms with Crippen LogP contribution in [0.15, 0.2) is 12.1 Å². The Morgan fingerprint density at radius 2 is 2.04 bits per heavy atom. The molecule has 0 spiro atoms. The SMILES string of the molecule is Cc1cc(OCC(=O)NC(C)C2CC3CCC2C3)c(C(C)C)cc1Cl. The number of hydrogen-bond donors (Lipinski definition) is 1. The first-order chi connectivity index (χ1) is 11.8. The molecule has 1 aromatic carbocycles. The second-order valence-corrected chi connectivity index (χ2v) is 8.68. The van der Waals surface area contributed by atoms with Crippen molar-refractivity contribution in [1.29, 1.82) is 0 Å². The molecule has 1 aromatic rings. The summed E-state index contributed by atoms with van der Waals surface area (Å²) in [4.78, 5) is 12.4. The zero-order valence-corrected chi connectivity index (χ0v) is 16.5. The lowest BCUT2D eigenvalue weighted by Crippen LogP contribution is -2.42. The van der Waals surface area contributed by atoms with Crippen LogP contribution in [0.25, 0.3) is 0 Å². The van der Waals surface area contributed by atoms with Gasteiger partial charge in [0.25, 0.3) is 5.91 Å². The number of benzene rings is 1. The lowest BCUT2D eigenvalue weighted by Gasteiger charge is -2.28. The van der Waals surface area contributed by atoms with Crippen molar-refractivity contribution < 1.29 is 9.53 Å². The minimum absolute atomic E-state index is 0.0300. The van der Waals surface area contributed by atoms with E-state index in [0.29, 0.717) is 11.8 Å². The van der Waals surface area contributed by atoms with E-state index in [1.807, 2.05) is 19.1 Å². The van der Waals surface area contributed by atoms with Gasteiger partial charge in [0.05, 0.1) is 0 Å². The Balaban J connectivity index is 1.56. The van der Waals surface area contributed by atoms with E-state index in [9.17, 15) is 4.79 Å². The van der Waals surface area contributed by atoms with E-state index in [-0.39, 0.29) is 18.6 Å². The largest absolute Gasteiger partial charge is 0.483 e. The Morgan fingerprint density at radius 1 is 1.28 bits per heavy atom. The first-order valence-electron chi connectivity index (χ1n) is 9.57. The molecule has 4 heteroatoms. The molecule has 2 fully saturated rings. The first kappa shape index (κ1) is 18.6. The summed E-state index contributed by atoms with van der Waals surface area (Å²) in [5.41, 5.74) is 2.02. The maximum absolute atomic E-state index is 12.4. The fourth-order valence-electron chi connectivity index (χ4n) is 4.70. The summed E-state index contributed by atoms with van der Waals surface area (Å²) in [6.45, 7) is 8.37. The van der Waals surface area contributed by atoms with Crippen LogP contribution in [0.5, 0.6) is 5.75 Å². The number of rotatable bonds is 6. The average Bonchev–Trinajstić information content (AvgIpc) is 3.18. The van der Waals surface area contributed by atoms with Gasteiger partial charge in [0.1, 0.15) is 5.75 Å². The number of ether oxygens (including phenoxy) is 1. The van der Waals surface area contributed by atoms with E-state index in [2.05, 4.69) is 26.1 Å². The number of amides is 1. The number of carbonyl (C=O) groups is 1. The van der Waals surface area contributed by atoms with Crippen molar-refractivity contribution >= 4 is 17.5 Å². The van der Waals surface area contributed by atoms with Gasteiger partial charge in [0, 0.05) is 11.1 Å². The van der Waals surface area contributed by atoms with Crippen LogP contribution in [-0.2, 0) is 4.79 Å². The molecule has 4 unspecified atom stereocenters. The highest BCUT2D eigenvalue weighted by atomic mass is 35.5. The summed E-state index contributed by atoms with van der Waals surface area (Å²) in [5, 5.41) is 3.90. The first-order valence-corrected chi connectivity index (χ1v) is 9.95. The van der Waals surface area contributed by atoms with Gasteiger partial charge in [-0.2, -0.15) is 0 Å². The van der Waals surface area contributed by atoms with Crippen molar-refractivity contribution in [1.82, 2.24) is 5.32 Å². The normalized spacial score (nSPS) is 26.1. The maximum atomic E-state index is 12.4. The number of halogens is 1. The number of fused-ring (bicyclic) bond motifs is 2. The second kappa shape index (κ2) is 7.57. The average molecular weight is 364 g/mol. The number of hydrogen-bond acceptors (Lipinski definition) is 2. The van der Waals surface area contributed by atoms with Gasteiger partial charge in [-0.15, -0.1) is 0 Å². The van der Waals surface area contributed by atoms with Crippen LogP contribution in [0.3, 0.4) is 0 Å². The van der Waals surface area contributed by atoms with Gasteiger partial charge in [-0.05, 0) is 80.0 Å². The van der Waals surface area contributed by atoms with Gasteiger partial charge in [0.2, 0.25) is 0 Å². The molecule has 3 rings (SSSR count). The van der Waals surface area contributed by atoms with Gasteiger partial charge in [0.15, 0.2) is 6.61 Å². The topological polar surface area (TPSA) is 38.3 Å². The third kappa shape index (κ3) is 4.13. The highest BCUT2D eigenvalue weighted by Gasteiger charge is 2.42. The Bertz CT molecular complexity index is 643. The van der Waals surface area contributed by atoms with Gasteiger partial charge in [-0.1, -0.05) is 31.9 Å². The predicted molar refractivity (Wildman–Crippen MR) is 102 cm³/mol. The predicted octanol–water partition coefficient (Wildman–Crippen LogP) is 5.09. The molecule has 3 nitrogen and oxygen atoms in total. The zero-order valence-electron chi connectivity index (χ0n) is 15.8. The second-order valence-electron chi connectivity index (χ2n) is 8.28. The number of nitrogens with one attached hydrogen (secondary N) is 1. The minimum atomic E-state index is -0.0300. The van der Waals surface area contributed by atoms with E-state index >= 15 is 0 Å². The zero-order chi connectivity index (χ0) is 18.1. The van der Waals surface area contributed by atoms with E-state index < -0.39 is 0 Å². The van der Waals surface area contributed by atoms with Crippen molar-refractivity contribution in [2.75, 3.05) is 6.61 Å². The molecule has 0 heterocycles. The van der Waals surface area contributed by atoms with Crippen molar-refractivity contribution in [3.05, 3.63) is 28.3 Å². The quantitative estimate of drug-likeness (QED) is 0.764. The highest BCUT2D eigenvalue weighted by Crippen LogP contribution is 2.49. The van der Waals surface area contributed by atoms with Crippen LogP contribution in [0.2, 0.25) is 5.02 Å². The summed E-state index contributed by atoms with van der Waals surface area (Å²) < 4.78 is 5.85. The molecule has 2 bridgehead atoms. The molecule has 0 aliphatic heterocycles. The molecular weight excluding hydrogens is 334 g/mol. The molecule has 2 aliphatic carbocycles. The molecule has 2 aliphatic rings. The molecule has 0 radical (unpaired) electrons. The summed E-state index contributed by atoms with van der Waals surface area (Å²) in [7, 11) is 0. The molecule has 25 heavy (non-hydrogen) atoms. The van der Waals surface area contributed by atoms with Crippen LogP contribution < -0.4 is 10.1 Å². The molecule has 2 saturated carbocycles. The van der Waals surface area contributed by atoms with Gasteiger partial charge in [-0.3, -0.25) is 4.79 Å². The van der Waals surface area contributed by atoms with E-state index in [0.717, 1.165) is 33.7 Å². The standard InChI is InChI=1S/C21H30ClNO2/c1-12(2)17-10-19(22)13(3)7-20(17)25-11-21(24)23-14(4)18-9-15-5-6-16(18)8-15/h7,10,12,14-16,18H,5-6,8-9,11H2,1-4H3,(H,23,24). The Morgan fingerprint density at radius 3 is 2.64 bits per heavy atom. The molecule has 1 amide bonds. The van der Waals surface area contributed by atoms with Crippen LogP contribution in [0.4, 0.5) is 0 Å². The molecule has 0 saturated heterocycles. The summed E-state index contributed by atoms with van der Waals surface area (Å²) in [6.07, 6.45) is 5.37. The van der Waals surface area contributed by atoms with E-state index in [1.54, 1.807) is 0 Å². The van der Waals surface area contributed by atoms with Gasteiger partial charge in [-0.25, -0.2) is 0 Å². The van der Waals surface area contributed by atoms with Crippen molar-refractivity contribution in [2.24, 2.45) is 17.8 Å². The van der Waals surface area contributed by atoms with E-state index in [4.69, 9.17) is 16.3 Å². The third-order valence-electron chi connectivity index (χ3n) is 6.10. The Kier molecular flexibility index (Phi) is 5.62. The molecule has 0 aromatic heterocycles. The fraction of sp³-hybridized carbons (Fsp3) is 0.667. The number of aryl methyl sites for hydroxylation is 1. The molecule has 1 N–H and O–H groups in total. The fourth-order valence-corrected chi connectivity index (χ4v) is 4.87. The minimum Gasteiger partial charge on any atom is -0.483 e. The number of carbonyl (C=O) groups excluding carboxylic acids is 1. The Labute approximate surface area is 156 Å². The van der Waals surface area contributed by atoms with Crippen molar-refractivity contribution in [3.63, 3.8) is 0 Å². The monoisotopic (exact) mass is 363 g/mol. The lowest BCUT2D eigenvalue weighted by molar-refractivity contribution is -0.124. The highest BCUT2D eigenvalue weighted by molar-refractivity contribution is 6.31. The van der Waals surface area contributed by atoms with Gasteiger partial charge < -0.3 is 10.1 Å². The van der Waals surface area contributed by atoms with Crippen molar-refractivity contribution in [3.8, 4) is 5.75 Å². The van der Waals surface area contributed by atoms with Crippen LogP contribution >= 0.6 is 11.6 Å². The lowest BCUT2D eigenvalue weighted by atomic mass is 9.84. The third-order valence-corrected chi connectivity index (χ3v) is 6.50. The maximum Gasteiger partial charge on any atom is 0.258 e. The van der Waals surface area contributed by atoms with Crippen molar-refractivity contribution in [2.45, 2.75) is 65.3 Å².